The Hall–Kier alpha value is -2.89. The van der Waals surface area contributed by atoms with Crippen molar-refractivity contribution in [2.24, 2.45) is 10.2 Å². The van der Waals surface area contributed by atoms with Crippen molar-refractivity contribution in [2.45, 2.75) is 13.0 Å². The highest BCUT2D eigenvalue weighted by Gasteiger charge is 2.12. The summed E-state index contributed by atoms with van der Waals surface area (Å²) in [5.41, 5.74) is 2.13. The summed E-state index contributed by atoms with van der Waals surface area (Å²) in [5.74, 6) is 0.631. The predicted molar refractivity (Wildman–Crippen MR) is 90.4 cm³/mol. The zero-order valence-corrected chi connectivity index (χ0v) is 13.4. The number of hydrogen-bond acceptors (Lipinski definition) is 4. The first-order valence-electron chi connectivity index (χ1n) is 7.24. The Bertz CT molecular complexity index is 686. The van der Waals surface area contributed by atoms with E-state index in [-0.39, 0.29) is 12.1 Å². The molecule has 0 aromatic heterocycles. The number of nitrogens with one attached hydrogen (secondary N) is 2. The van der Waals surface area contributed by atoms with E-state index in [1.165, 1.54) is 0 Å². The van der Waals surface area contributed by atoms with E-state index in [1.807, 2.05) is 37.3 Å². The number of anilines is 1. The number of rotatable bonds is 5. The van der Waals surface area contributed by atoms with Gasteiger partial charge in [-0.15, -0.1) is 0 Å². The molecule has 0 saturated heterocycles. The number of methoxy groups -OCH3 is 1. The smallest absolute Gasteiger partial charge is 0.319 e. The fourth-order valence-electron chi connectivity index (χ4n) is 2.12. The van der Waals surface area contributed by atoms with Crippen LogP contribution in [0.5, 0.6) is 5.75 Å². The minimum absolute atomic E-state index is 0.113. The van der Waals surface area contributed by atoms with Crippen LogP contribution in [0.1, 0.15) is 18.5 Å². The minimum atomic E-state index is -0.317. The minimum Gasteiger partial charge on any atom is -0.497 e. The molecule has 0 saturated carbocycles. The van der Waals surface area contributed by atoms with Gasteiger partial charge in [-0.25, -0.2) is 4.79 Å². The van der Waals surface area contributed by atoms with E-state index >= 15 is 0 Å². The van der Waals surface area contributed by atoms with E-state index in [0.717, 1.165) is 5.56 Å². The summed E-state index contributed by atoms with van der Waals surface area (Å²) in [6.45, 7) is 1.92. The van der Waals surface area contributed by atoms with E-state index in [9.17, 15) is 4.79 Å². The van der Waals surface area contributed by atoms with Gasteiger partial charge in [-0.2, -0.15) is 10.2 Å². The lowest BCUT2D eigenvalue weighted by atomic mass is 10.1. The van der Waals surface area contributed by atoms with Crippen LogP contribution < -0.4 is 15.4 Å². The summed E-state index contributed by atoms with van der Waals surface area (Å²) in [4.78, 5) is 12.2. The van der Waals surface area contributed by atoms with Crippen LogP contribution in [0.3, 0.4) is 0 Å². The monoisotopic (exact) mass is 312 g/mol. The molecule has 1 atom stereocenters. The molecule has 6 heteroatoms. The first-order valence-corrected chi connectivity index (χ1v) is 7.24. The molecule has 0 aliphatic carbocycles. The molecular weight excluding hydrogens is 292 g/mol. The number of carbonyl (C=O) groups excluding carboxylic acids is 1. The summed E-state index contributed by atoms with van der Waals surface area (Å²) in [5, 5.41) is 13.4. The standard InChI is InChI=1S/C17H20N4O2/c1-12(13-7-5-4-6-8-13)19-17(22)20-16-11-14(23-3)9-10-15(16)21-18-2/h4-12H,1-3H3,(H2,19,20,22). The molecule has 0 fully saturated rings. The van der Waals surface area contributed by atoms with E-state index in [1.54, 1.807) is 32.4 Å². The van der Waals surface area contributed by atoms with Gasteiger partial charge in [-0.3, -0.25) is 0 Å². The first-order chi connectivity index (χ1) is 11.1. The van der Waals surface area contributed by atoms with Gasteiger partial charge in [0.1, 0.15) is 11.4 Å². The van der Waals surface area contributed by atoms with E-state index in [2.05, 4.69) is 20.9 Å². The molecule has 2 rings (SSSR count). The highest BCUT2D eigenvalue weighted by molar-refractivity contribution is 5.93. The third-order valence-corrected chi connectivity index (χ3v) is 3.31. The van der Waals surface area contributed by atoms with Gasteiger partial charge in [0, 0.05) is 13.1 Å². The maximum atomic E-state index is 12.2. The van der Waals surface area contributed by atoms with Crippen LogP contribution in [-0.2, 0) is 0 Å². The van der Waals surface area contributed by atoms with Crippen LogP contribution in [0.25, 0.3) is 0 Å². The van der Waals surface area contributed by atoms with Gasteiger partial charge in [0.25, 0.3) is 0 Å². The Morgan fingerprint density at radius 1 is 1.17 bits per heavy atom. The molecule has 0 aliphatic rings. The second kappa shape index (κ2) is 7.93. The lowest BCUT2D eigenvalue weighted by Gasteiger charge is -2.16. The lowest BCUT2D eigenvalue weighted by molar-refractivity contribution is 0.249. The lowest BCUT2D eigenvalue weighted by Crippen LogP contribution is -2.31. The van der Waals surface area contributed by atoms with E-state index in [4.69, 9.17) is 4.74 Å². The van der Waals surface area contributed by atoms with Crippen molar-refractivity contribution in [3.05, 3.63) is 54.1 Å². The molecule has 1 unspecified atom stereocenters. The van der Waals surface area contributed by atoms with Crippen molar-refractivity contribution in [2.75, 3.05) is 19.5 Å². The van der Waals surface area contributed by atoms with Crippen LogP contribution >= 0.6 is 0 Å². The fourth-order valence-corrected chi connectivity index (χ4v) is 2.12. The molecular formula is C17H20N4O2. The molecule has 23 heavy (non-hydrogen) atoms. The van der Waals surface area contributed by atoms with Crippen molar-refractivity contribution >= 4 is 17.4 Å². The molecule has 0 aliphatic heterocycles. The van der Waals surface area contributed by atoms with Crippen LogP contribution in [0, 0.1) is 0 Å². The summed E-state index contributed by atoms with van der Waals surface area (Å²) < 4.78 is 5.18. The van der Waals surface area contributed by atoms with Crippen LogP contribution in [0.2, 0.25) is 0 Å². The average molecular weight is 312 g/mol. The highest BCUT2D eigenvalue weighted by atomic mass is 16.5. The Morgan fingerprint density at radius 3 is 2.57 bits per heavy atom. The van der Waals surface area contributed by atoms with Crippen molar-refractivity contribution < 1.29 is 9.53 Å². The summed E-state index contributed by atoms with van der Waals surface area (Å²) in [7, 11) is 3.14. The Morgan fingerprint density at radius 2 is 1.91 bits per heavy atom. The Labute approximate surface area is 135 Å². The van der Waals surface area contributed by atoms with E-state index < -0.39 is 0 Å². The third-order valence-electron chi connectivity index (χ3n) is 3.31. The zero-order valence-electron chi connectivity index (χ0n) is 13.4. The topological polar surface area (TPSA) is 75.1 Å². The van der Waals surface area contributed by atoms with Gasteiger partial charge < -0.3 is 15.4 Å². The van der Waals surface area contributed by atoms with Gasteiger partial charge >= 0.3 is 6.03 Å². The maximum Gasteiger partial charge on any atom is 0.319 e. The fraction of sp³-hybridized carbons (Fsp3) is 0.235. The summed E-state index contributed by atoms with van der Waals surface area (Å²) in [6.07, 6.45) is 0. The van der Waals surface area contributed by atoms with Gasteiger partial charge in [0.05, 0.1) is 18.8 Å². The second-order valence-corrected chi connectivity index (χ2v) is 4.91. The number of ether oxygens (including phenoxy) is 1. The second-order valence-electron chi connectivity index (χ2n) is 4.91. The highest BCUT2D eigenvalue weighted by Crippen LogP contribution is 2.29. The van der Waals surface area contributed by atoms with Crippen LogP contribution in [-0.4, -0.2) is 20.2 Å². The Balaban J connectivity index is 2.10. The van der Waals surface area contributed by atoms with Crippen molar-refractivity contribution in [3.8, 4) is 5.75 Å². The molecule has 0 heterocycles. The number of azo groups is 1. The molecule has 2 amide bonds. The number of amides is 2. The van der Waals surface area contributed by atoms with Crippen molar-refractivity contribution in [1.29, 1.82) is 0 Å². The van der Waals surface area contributed by atoms with Gasteiger partial charge in [-0.1, -0.05) is 30.3 Å². The summed E-state index contributed by atoms with van der Waals surface area (Å²) in [6, 6.07) is 14.5. The van der Waals surface area contributed by atoms with E-state index in [0.29, 0.717) is 17.1 Å². The predicted octanol–water partition coefficient (Wildman–Crippen LogP) is 4.29. The number of nitrogens with zero attached hydrogens (tertiary/aromatic N) is 2. The largest absolute Gasteiger partial charge is 0.497 e. The zero-order chi connectivity index (χ0) is 16.7. The quantitative estimate of drug-likeness (QED) is 0.808. The SMILES string of the molecule is CN=Nc1ccc(OC)cc1NC(=O)NC(C)c1ccccc1. The van der Waals surface area contributed by atoms with Gasteiger partial charge in [-0.05, 0) is 24.6 Å². The molecule has 2 aromatic rings. The Kier molecular flexibility index (Phi) is 5.68. The molecule has 2 N–H and O–H groups in total. The molecule has 0 bridgehead atoms. The number of carbonyl (C=O) groups is 1. The molecule has 0 radical (unpaired) electrons. The van der Waals surface area contributed by atoms with Crippen molar-refractivity contribution in [1.82, 2.24) is 5.32 Å². The molecule has 120 valence electrons. The average Bonchev–Trinajstić information content (AvgIpc) is 2.57. The van der Waals surface area contributed by atoms with Gasteiger partial charge in [0.15, 0.2) is 0 Å². The third kappa shape index (κ3) is 4.54. The summed E-state index contributed by atoms with van der Waals surface area (Å²) >= 11 is 0. The van der Waals surface area contributed by atoms with Gasteiger partial charge in [0.2, 0.25) is 0 Å². The normalized spacial score (nSPS) is 12.0. The number of hydrogen-bond donors (Lipinski definition) is 2. The molecule has 0 spiro atoms. The number of urea groups is 1. The number of benzene rings is 2. The van der Waals surface area contributed by atoms with Crippen molar-refractivity contribution in [3.63, 3.8) is 0 Å². The van der Waals surface area contributed by atoms with Crippen LogP contribution in [0.15, 0.2) is 58.8 Å². The molecule has 6 nitrogen and oxygen atoms in total. The van der Waals surface area contributed by atoms with Crippen LogP contribution in [0.4, 0.5) is 16.2 Å². The maximum absolute atomic E-state index is 12.2. The first kappa shape index (κ1) is 16.5. The molecule has 2 aromatic carbocycles.